The monoisotopic (exact) mass is 285 g/mol. The van der Waals surface area contributed by atoms with Gasteiger partial charge < -0.3 is 14.9 Å². The molecule has 0 aliphatic rings. The van der Waals surface area contributed by atoms with Crippen molar-refractivity contribution in [2.24, 2.45) is 5.11 Å². The Balaban J connectivity index is 3.03. The number of aliphatic hydroxyl groups excluding tert-OH is 2. The van der Waals surface area contributed by atoms with Gasteiger partial charge in [0, 0.05) is 16.7 Å². The first-order valence-corrected chi connectivity index (χ1v) is 5.74. The first-order chi connectivity index (χ1) is 9.53. The van der Waals surface area contributed by atoms with Crippen molar-refractivity contribution in [2.45, 2.75) is 25.8 Å². The number of nitrogens with zero attached hydrogens (tertiary/aromatic N) is 4. The quantitative estimate of drug-likeness (QED) is 0.341. The molecule has 10 heteroatoms. The molecule has 0 fully saturated rings. The lowest BCUT2D eigenvalue weighted by atomic mass is 10.2. The van der Waals surface area contributed by atoms with Gasteiger partial charge in [-0.15, -0.1) is 0 Å². The lowest BCUT2D eigenvalue weighted by molar-refractivity contribution is -0.0513. The van der Waals surface area contributed by atoms with Crippen LogP contribution in [0.15, 0.2) is 20.9 Å². The van der Waals surface area contributed by atoms with Crippen LogP contribution in [0.3, 0.4) is 0 Å². The zero-order valence-corrected chi connectivity index (χ0v) is 10.8. The molecule has 10 nitrogen and oxygen atoms in total. The molecular weight excluding hydrogens is 270 g/mol. The molecule has 0 saturated heterocycles. The van der Waals surface area contributed by atoms with Gasteiger partial charge in [0.05, 0.1) is 19.3 Å². The molecule has 0 saturated carbocycles. The maximum absolute atomic E-state index is 11.6. The van der Waals surface area contributed by atoms with Crippen LogP contribution < -0.4 is 11.2 Å². The van der Waals surface area contributed by atoms with Crippen molar-refractivity contribution >= 4 is 0 Å². The predicted octanol–water partition coefficient (Wildman–Crippen LogP) is -0.765. The van der Waals surface area contributed by atoms with E-state index in [4.69, 9.17) is 20.5 Å². The van der Waals surface area contributed by atoms with E-state index >= 15 is 0 Å². The molecule has 0 bridgehead atoms. The molecule has 0 aliphatic heterocycles. The van der Waals surface area contributed by atoms with E-state index in [1.54, 1.807) is 0 Å². The minimum atomic E-state index is -0.827. The van der Waals surface area contributed by atoms with Crippen molar-refractivity contribution in [3.63, 3.8) is 0 Å². The van der Waals surface area contributed by atoms with Crippen LogP contribution >= 0.6 is 0 Å². The lowest BCUT2D eigenvalue weighted by Crippen LogP contribution is -2.34. The van der Waals surface area contributed by atoms with Crippen molar-refractivity contribution in [1.82, 2.24) is 9.55 Å². The minimum Gasteiger partial charge on any atom is -0.394 e. The van der Waals surface area contributed by atoms with Crippen LogP contribution in [0.5, 0.6) is 0 Å². The number of hydrogen-bond donors (Lipinski definition) is 3. The SMILES string of the molecule is CC(N=[N+]=[N-])c1cn(COC(CO)CO)c(=O)[nH]c1=O. The average Bonchev–Trinajstić information content (AvgIpc) is 2.42. The van der Waals surface area contributed by atoms with Crippen LogP contribution in [0.2, 0.25) is 0 Å². The summed E-state index contributed by atoms with van der Waals surface area (Å²) in [7, 11) is 0. The third-order valence-corrected chi connectivity index (χ3v) is 2.57. The molecule has 0 spiro atoms. The zero-order valence-electron chi connectivity index (χ0n) is 10.8. The number of ether oxygens (including phenoxy) is 1. The number of rotatable bonds is 7. The lowest BCUT2D eigenvalue weighted by Gasteiger charge is -2.14. The van der Waals surface area contributed by atoms with Gasteiger partial charge in [0.2, 0.25) is 0 Å². The van der Waals surface area contributed by atoms with Crippen LogP contribution in [0.1, 0.15) is 18.5 Å². The summed E-state index contributed by atoms with van der Waals surface area (Å²) in [5, 5.41) is 21.1. The van der Waals surface area contributed by atoms with Crippen LogP contribution in [-0.2, 0) is 11.5 Å². The zero-order chi connectivity index (χ0) is 15.1. The van der Waals surface area contributed by atoms with Gasteiger partial charge in [-0.2, -0.15) is 0 Å². The first-order valence-electron chi connectivity index (χ1n) is 5.74. The Kier molecular flexibility index (Phi) is 5.94. The van der Waals surface area contributed by atoms with Crippen molar-refractivity contribution in [2.75, 3.05) is 13.2 Å². The summed E-state index contributed by atoms with van der Waals surface area (Å²) in [5.74, 6) is 0. The largest absolute Gasteiger partial charge is 0.394 e. The average molecular weight is 285 g/mol. The third kappa shape index (κ3) is 3.93. The molecule has 1 aromatic heterocycles. The van der Waals surface area contributed by atoms with Gasteiger partial charge in [-0.05, 0) is 5.53 Å². The standard InChI is InChI=1S/C10H15N5O5/c1-6(13-14-11)8-2-15(10(19)12-9(8)18)5-20-7(3-16)4-17/h2,6-7,16-17H,3-5H2,1H3,(H,12,18,19). The molecule has 1 unspecified atom stereocenters. The van der Waals surface area contributed by atoms with E-state index in [0.29, 0.717) is 0 Å². The third-order valence-electron chi connectivity index (χ3n) is 2.57. The molecule has 20 heavy (non-hydrogen) atoms. The number of azide groups is 1. The van der Waals surface area contributed by atoms with Gasteiger partial charge in [-0.3, -0.25) is 14.3 Å². The van der Waals surface area contributed by atoms with Gasteiger partial charge in [0.15, 0.2) is 0 Å². The molecule has 0 radical (unpaired) electrons. The normalized spacial score (nSPS) is 12.2. The summed E-state index contributed by atoms with van der Waals surface area (Å²) >= 11 is 0. The Morgan fingerprint density at radius 2 is 2.15 bits per heavy atom. The minimum absolute atomic E-state index is 0.107. The number of hydrogen-bond acceptors (Lipinski definition) is 6. The fraction of sp³-hybridized carbons (Fsp3) is 0.600. The Bertz CT molecular complexity index is 599. The molecule has 1 aromatic rings. The molecular formula is C10H15N5O5. The van der Waals surface area contributed by atoms with Crippen LogP contribution in [0, 0.1) is 0 Å². The van der Waals surface area contributed by atoms with Crippen molar-refractivity contribution < 1.29 is 14.9 Å². The number of aliphatic hydroxyl groups is 2. The van der Waals surface area contributed by atoms with Crippen molar-refractivity contribution in [3.8, 4) is 0 Å². The van der Waals surface area contributed by atoms with Gasteiger partial charge in [-0.1, -0.05) is 12.0 Å². The maximum Gasteiger partial charge on any atom is 0.330 e. The maximum atomic E-state index is 11.6. The van der Waals surface area contributed by atoms with Crippen LogP contribution in [0.4, 0.5) is 0 Å². The molecule has 1 heterocycles. The van der Waals surface area contributed by atoms with Gasteiger partial charge in [0.25, 0.3) is 5.56 Å². The summed E-state index contributed by atoms with van der Waals surface area (Å²) in [6, 6.07) is -0.748. The van der Waals surface area contributed by atoms with E-state index in [9.17, 15) is 9.59 Å². The molecule has 0 aliphatic carbocycles. The second-order valence-corrected chi connectivity index (χ2v) is 3.98. The van der Waals surface area contributed by atoms with Crippen molar-refractivity contribution in [3.05, 3.63) is 43.0 Å². The summed E-state index contributed by atoms with van der Waals surface area (Å²) in [6.07, 6.45) is 0.388. The highest BCUT2D eigenvalue weighted by atomic mass is 16.5. The Morgan fingerprint density at radius 1 is 1.50 bits per heavy atom. The molecule has 110 valence electrons. The van der Waals surface area contributed by atoms with Gasteiger partial charge in [0.1, 0.15) is 12.8 Å². The second kappa shape index (κ2) is 7.46. The van der Waals surface area contributed by atoms with E-state index in [1.807, 2.05) is 0 Å². The van der Waals surface area contributed by atoms with E-state index < -0.39 is 36.6 Å². The fourth-order valence-electron chi connectivity index (χ4n) is 1.41. The highest BCUT2D eigenvalue weighted by Crippen LogP contribution is 2.10. The molecule has 0 amide bonds. The fourth-order valence-corrected chi connectivity index (χ4v) is 1.41. The Hall–Kier alpha value is -2.13. The second-order valence-electron chi connectivity index (χ2n) is 3.98. The molecule has 0 aromatic carbocycles. The highest BCUT2D eigenvalue weighted by Gasteiger charge is 2.12. The van der Waals surface area contributed by atoms with E-state index in [1.165, 1.54) is 13.1 Å². The smallest absolute Gasteiger partial charge is 0.330 e. The number of aromatic nitrogens is 2. The topological polar surface area (TPSA) is 153 Å². The Labute approximate surface area is 112 Å². The molecule has 1 rings (SSSR count). The van der Waals surface area contributed by atoms with Crippen molar-refractivity contribution in [1.29, 1.82) is 0 Å². The predicted molar refractivity (Wildman–Crippen MR) is 67.9 cm³/mol. The van der Waals surface area contributed by atoms with Gasteiger partial charge >= 0.3 is 5.69 Å². The molecule has 1 atom stereocenters. The summed E-state index contributed by atoms with van der Waals surface area (Å²) in [4.78, 5) is 27.8. The van der Waals surface area contributed by atoms with Gasteiger partial charge in [-0.25, -0.2) is 4.79 Å². The van der Waals surface area contributed by atoms with Crippen LogP contribution in [-0.4, -0.2) is 39.1 Å². The number of nitrogens with one attached hydrogen (secondary N) is 1. The first kappa shape index (κ1) is 15.9. The summed E-state index contributed by atoms with van der Waals surface area (Å²) in [6.45, 7) is 0.425. The number of H-pyrrole nitrogens is 1. The highest BCUT2D eigenvalue weighted by molar-refractivity contribution is 5.09. The summed E-state index contributed by atoms with van der Waals surface area (Å²) in [5.41, 5.74) is 7.10. The number of aromatic amines is 1. The summed E-state index contributed by atoms with van der Waals surface area (Å²) < 4.78 is 6.12. The van der Waals surface area contributed by atoms with E-state index in [2.05, 4.69) is 15.0 Å². The van der Waals surface area contributed by atoms with E-state index in [-0.39, 0.29) is 12.3 Å². The Morgan fingerprint density at radius 3 is 2.70 bits per heavy atom. The van der Waals surface area contributed by atoms with Crippen LogP contribution in [0.25, 0.3) is 10.4 Å². The van der Waals surface area contributed by atoms with E-state index in [0.717, 1.165) is 4.57 Å². The molecule has 3 N–H and O–H groups in total.